The van der Waals surface area contributed by atoms with Crippen molar-refractivity contribution in [2.75, 3.05) is 0 Å². The van der Waals surface area contributed by atoms with Gasteiger partial charge in [-0.2, -0.15) is 0 Å². The number of thiophene rings is 1. The summed E-state index contributed by atoms with van der Waals surface area (Å²) in [5, 5.41) is 16.4. The molecule has 2 aromatic heterocycles. The minimum atomic E-state index is -0.297. The third kappa shape index (κ3) is 2.92. The van der Waals surface area contributed by atoms with Crippen LogP contribution in [-0.2, 0) is 0 Å². The van der Waals surface area contributed by atoms with Crippen molar-refractivity contribution >= 4 is 59.0 Å². The lowest BCUT2D eigenvalue weighted by atomic mass is 9.97. The normalized spacial score (nSPS) is 11.7. The Balaban J connectivity index is 1.62. The molecule has 4 nitrogen and oxygen atoms in total. The molecule has 5 aromatic carbocycles. The summed E-state index contributed by atoms with van der Waals surface area (Å²) in [5.41, 5.74) is 5.11. The maximum atomic E-state index is 11.8. The number of aromatic nitrogens is 1. The van der Waals surface area contributed by atoms with Crippen LogP contribution in [0.5, 0.6) is 0 Å². The molecule has 0 atom stereocenters. The first-order chi connectivity index (χ1) is 17.2. The van der Waals surface area contributed by atoms with Crippen LogP contribution >= 0.6 is 11.3 Å². The molecule has 0 aliphatic rings. The van der Waals surface area contributed by atoms with E-state index in [1.54, 1.807) is 23.5 Å². The van der Waals surface area contributed by atoms with E-state index in [4.69, 9.17) is 0 Å². The van der Waals surface area contributed by atoms with Crippen molar-refractivity contribution in [2.45, 2.75) is 0 Å². The summed E-state index contributed by atoms with van der Waals surface area (Å²) in [4.78, 5) is 11.5. The molecule has 2 heterocycles. The monoisotopic (exact) mass is 470 g/mol. The van der Waals surface area contributed by atoms with E-state index in [1.807, 2.05) is 30.3 Å². The molecular weight excluding hydrogens is 452 g/mol. The van der Waals surface area contributed by atoms with Gasteiger partial charge in [-0.3, -0.25) is 10.1 Å². The Labute approximate surface area is 204 Å². The van der Waals surface area contributed by atoms with E-state index in [0.29, 0.717) is 5.56 Å². The second kappa shape index (κ2) is 7.52. The van der Waals surface area contributed by atoms with E-state index in [2.05, 4.69) is 71.3 Å². The van der Waals surface area contributed by atoms with Crippen molar-refractivity contribution in [3.63, 3.8) is 0 Å². The molecule has 0 aliphatic carbocycles. The third-order valence-corrected chi connectivity index (χ3v) is 7.81. The highest BCUT2D eigenvalue weighted by Gasteiger charge is 2.20. The highest BCUT2D eigenvalue weighted by atomic mass is 32.1. The maximum absolute atomic E-state index is 11.8. The second-order valence-electron chi connectivity index (χ2n) is 8.61. The second-order valence-corrected chi connectivity index (χ2v) is 9.69. The lowest BCUT2D eigenvalue weighted by molar-refractivity contribution is -0.384. The number of nitrogens with zero attached hydrogens (tertiary/aromatic N) is 2. The minimum absolute atomic E-state index is 0.126. The SMILES string of the molecule is O=[N+]([O-])c1ccccc1-c1cccc2sc3cc4c(cc3c12)c1ccccc1n4-c1ccccc1. The van der Waals surface area contributed by atoms with Gasteiger partial charge in [0.1, 0.15) is 0 Å². The molecule has 0 bridgehead atoms. The molecule has 0 aliphatic heterocycles. The summed E-state index contributed by atoms with van der Waals surface area (Å²) < 4.78 is 4.61. The molecule has 0 saturated carbocycles. The van der Waals surface area contributed by atoms with Crippen LogP contribution in [0.25, 0.3) is 58.8 Å². The molecule has 0 N–H and O–H groups in total. The molecule has 0 spiro atoms. The average Bonchev–Trinajstić information content (AvgIpc) is 3.42. The number of nitro benzene ring substituents is 1. The fourth-order valence-electron chi connectivity index (χ4n) is 5.23. The highest BCUT2D eigenvalue weighted by molar-refractivity contribution is 7.26. The summed E-state index contributed by atoms with van der Waals surface area (Å²) in [6.45, 7) is 0. The van der Waals surface area contributed by atoms with Crippen molar-refractivity contribution in [3.8, 4) is 16.8 Å². The van der Waals surface area contributed by atoms with E-state index in [-0.39, 0.29) is 10.6 Å². The van der Waals surface area contributed by atoms with Gasteiger partial charge in [0.05, 0.1) is 21.5 Å². The molecule has 0 radical (unpaired) electrons. The van der Waals surface area contributed by atoms with Gasteiger partial charge in [-0.05, 0) is 48.0 Å². The number of para-hydroxylation sites is 3. The summed E-state index contributed by atoms with van der Waals surface area (Å²) >= 11 is 1.73. The van der Waals surface area contributed by atoms with Crippen LogP contribution in [0.1, 0.15) is 0 Å². The van der Waals surface area contributed by atoms with Gasteiger partial charge < -0.3 is 4.57 Å². The van der Waals surface area contributed by atoms with E-state index in [9.17, 15) is 10.1 Å². The number of benzene rings is 5. The third-order valence-electron chi connectivity index (χ3n) is 6.69. The number of hydrogen-bond acceptors (Lipinski definition) is 3. The lowest BCUT2D eigenvalue weighted by Gasteiger charge is -2.08. The zero-order chi connectivity index (χ0) is 23.5. The van der Waals surface area contributed by atoms with Crippen LogP contribution in [0.4, 0.5) is 5.69 Å². The zero-order valence-corrected chi connectivity index (χ0v) is 19.3. The highest BCUT2D eigenvalue weighted by Crippen LogP contribution is 2.45. The summed E-state index contributed by atoms with van der Waals surface area (Å²) in [6, 6.07) is 36.5. The van der Waals surface area contributed by atoms with Crippen molar-refractivity contribution < 1.29 is 4.92 Å². The van der Waals surface area contributed by atoms with Gasteiger partial charge in [0, 0.05) is 42.7 Å². The minimum Gasteiger partial charge on any atom is -0.309 e. The number of nitro groups is 1. The summed E-state index contributed by atoms with van der Waals surface area (Å²) in [6.07, 6.45) is 0. The molecule has 7 aromatic rings. The van der Waals surface area contributed by atoms with Gasteiger partial charge in [0.2, 0.25) is 0 Å². The van der Waals surface area contributed by atoms with Crippen LogP contribution in [-0.4, -0.2) is 9.49 Å². The number of hydrogen-bond donors (Lipinski definition) is 0. The quantitative estimate of drug-likeness (QED) is 0.191. The Morgan fingerprint density at radius 1 is 0.629 bits per heavy atom. The van der Waals surface area contributed by atoms with Crippen molar-refractivity contribution in [1.82, 2.24) is 4.57 Å². The first-order valence-corrected chi connectivity index (χ1v) is 12.2. The molecule has 0 amide bonds. The molecule has 0 fully saturated rings. The van der Waals surface area contributed by atoms with Crippen molar-refractivity contribution in [2.24, 2.45) is 0 Å². The predicted octanol–water partition coefficient (Wildman–Crippen LogP) is 8.73. The van der Waals surface area contributed by atoms with Crippen LogP contribution < -0.4 is 0 Å². The molecule has 5 heteroatoms. The molecular formula is C30H18N2O2S. The lowest BCUT2D eigenvalue weighted by Crippen LogP contribution is -1.92. The van der Waals surface area contributed by atoms with Crippen molar-refractivity contribution in [1.29, 1.82) is 0 Å². The van der Waals surface area contributed by atoms with Gasteiger partial charge >= 0.3 is 0 Å². The molecule has 166 valence electrons. The topological polar surface area (TPSA) is 48.1 Å². The Kier molecular flexibility index (Phi) is 4.28. The number of fused-ring (bicyclic) bond motifs is 6. The molecule has 0 saturated heterocycles. The van der Waals surface area contributed by atoms with E-state index >= 15 is 0 Å². The molecule has 0 unspecified atom stereocenters. The van der Waals surface area contributed by atoms with Gasteiger partial charge in [0.25, 0.3) is 5.69 Å². The first-order valence-electron chi connectivity index (χ1n) is 11.4. The van der Waals surface area contributed by atoms with Crippen LogP contribution in [0, 0.1) is 10.1 Å². The molecule has 35 heavy (non-hydrogen) atoms. The summed E-state index contributed by atoms with van der Waals surface area (Å²) in [5.74, 6) is 0. The van der Waals surface area contributed by atoms with Gasteiger partial charge in [-0.15, -0.1) is 11.3 Å². The standard InChI is InChI=1S/C30H18N2O2S/c33-32(34)26-15-7-5-11-20(26)22-13-8-16-28-30(22)24-17-23-21-12-4-6-14-25(21)31(19-9-2-1-3-10-19)27(23)18-29(24)35-28/h1-18H. The van der Waals surface area contributed by atoms with Gasteiger partial charge in [-0.25, -0.2) is 0 Å². The largest absolute Gasteiger partial charge is 0.309 e. The Morgan fingerprint density at radius 3 is 2.23 bits per heavy atom. The Morgan fingerprint density at radius 2 is 1.37 bits per heavy atom. The van der Waals surface area contributed by atoms with E-state index < -0.39 is 0 Å². The first kappa shape index (κ1) is 19.9. The van der Waals surface area contributed by atoms with Gasteiger partial charge in [-0.1, -0.05) is 60.7 Å². The van der Waals surface area contributed by atoms with Gasteiger partial charge in [0.15, 0.2) is 0 Å². The summed E-state index contributed by atoms with van der Waals surface area (Å²) in [7, 11) is 0. The van der Waals surface area contributed by atoms with E-state index in [1.165, 1.54) is 15.5 Å². The maximum Gasteiger partial charge on any atom is 0.277 e. The Bertz CT molecular complexity index is 1930. The van der Waals surface area contributed by atoms with E-state index in [0.717, 1.165) is 37.8 Å². The predicted molar refractivity (Wildman–Crippen MR) is 146 cm³/mol. The fraction of sp³-hybridized carbons (Fsp3) is 0. The van der Waals surface area contributed by atoms with Crippen molar-refractivity contribution in [3.05, 3.63) is 119 Å². The average molecular weight is 471 g/mol. The van der Waals surface area contributed by atoms with Crippen LogP contribution in [0.3, 0.4) is 0 Å². The number of rotatable bonds is 3. The van der Waals surface area contributed by atoms with Crippen LogP contribution in [0.2, 0.25) is 0 Å². The smallest absolute Gasteiger partial charge is 0.277 e. The molecule has 7 rings (SSSR count). The fourth-order valence-corrected chi connectivity index (χ4v) is 6.38. The zero-order valence-electron chi connectivity index (χ0n) is 18.5. The Hall–Kier alpha value is -4.48. The van der Waals surface area contributed by atoms with Crippen LogP contribution in [0.15, 0.2) is 109 Å².